The summed E-state index contributed by atoms with van der Waals surface area (Å²) in [6.45, 7) is 1.15. The van der Waals surface area contributed by atoms with Gasteiger partial charge in [0.15, 0.2) is 0 Å². The fourth-order valence-electron chi connectivity index (χ4n) is 5.43. The Morgan fingerprint density at radius 2 is 1.67 bits per heavy atom. The van der Waals surface area contributed by atoms with E-state index in [4.69, 9.17) is 0 Å². The number of alkyl halides is 2. The van der Waals surface area contributed by atoms with Crippen LogP contribution in [0.1, 0.15) is 51.9 Å². The highest BCUT2D eigenvalue weighted by atomic mass is 19.3. The largest absolute Gasteiger partial charge is 0.478 e. The Labute approximate surface area is 156 Å². The zero-order chi connectivity index (χ0) is 19.8. The van der Waals surface area contributed by atoms with Crippen LogP contribution in [0, 0.1) is 23.2 Å². The van der Waals surface area contributed by atoms with Crippen molar-refractivity contribution in [1.82, 2.24) is 5.32 Å². The number of nitrogens with one attached hydrogen (secondary N) is 1. The molecule has 27 heavy (non-hydrogen) atoms. The summed E-state index contributed by atoms with van der Waals surface area (Å²) in [6.07, 6.45) is 5.26. The minimum atomic E-state index is -3.97. The van der Waals surface area contributed by atoms with Gasteiger partial charge in [0.1, 0.15) is 0 Å². The number of carbonyl (C=O) groups is 3. The van der Waals surface area contributed by atoms with Gasteiger partial charge < -0.3 is 15.2 Å². The summed E-state index contributed by atoms with van der Waals surface area (Å²) >= 11 is 0. The number of carboxylic acid groups (broad SMARTS) is 1. The molecule has 2 N–H and O–H groups in total. The van der Waals surface area contributed by atoms with E-state index in [0.717, 1.165) is 44.7 Å². The molecule has 8 heteroatoms. The van der Waals surface area contributed by atoms with E-state index in [0.29, 0.717) is 17.8 Å². The van der Waals surface area contributed by atoms with E-state index in [2.05, 4.69) is 10.1 Å². The molecular weight excluding hydrogens is 360 g/mol. The van der Waals surface area contributed by atoms with Crippen LogP contribution in [-0.2, 0) is 19.1 Å². The zero-order valence-electron chi connectivity index (χ0n) is 15.3. The third kappa shape index (κ3) is 3.99. The van der Waals surface area contributed by atoms with E-state index in [1.54, 1.807) is 0 Å². The second kappa shape index (κ2) is 7.20. The molecule has 4 aliphatic carbocycles. The standard InChI is InChI=1S/C19H25F2NO5/c1-2-27-17(26)19(20,21)9-14(15(23)24)10-22-16(25)18-6-11-3-12(7-18)5-13(4-11)8-18/h10-13H,2-9H2,1H3,(H,22,25)(H,23,24)/b14-10-. The van der Waals surface area contributed by atoms with Gasteiger partial charge in [0.05, 0.1) is 24.0 Å². The van der Waals surface area contributed by atoms with Gasteiger partial charge in [0.25, 0.3) is 0 Å². The SMILES string of the molecule is CCOC(=O)C(F)(F)C/C(=C/NC(=O)C12CC3CC(CC(C3)C1)C2)C(=O)O. The fraction of sp³-hybridized carbons (Fsp3) is 0.737. The molecule has 0 aromatic heterocycles. The number of carboxylic acids is 1. The Morgan fingerprint density at radius 3 is 2.11 bits per heavy atom. The van der Waals surface area contributed by atoms with Crippen LogP contribution in [0.3, 0.4) is 0 Å². The van der Waals surface area contributed by atoms with E-state index in [1.807, 2.05) is 0 Å². The highest BCUT2D eigenvalue weighted by Crippen LogP contribution is 2.60. The Kier molecular flexibility index (Phi) is 5.27. The number of carbonyl (C=O) groups excluding carboxylic acids is 2. The third-order valence-electron chi connectivity index (χ3n) is 6.16. The molecule has 6 nitrogen and oxygen atoms in total. The molecule has 0 radical (unpaired) electrons. The Balaban J connectivity index is 1.69. The van der Waals surface area contributed by atoms with E-state index >= 15 is 0 Å². The van der Waals surface area contributed by atoms with Gasteiger partial charge in [-0.1, -0.05) is 0 Å². The number of hydrogen-bond acceptors (Lipinski definition) is 4. The molecule has 0 aromatic rings. The molecule has 0 heterocycles. The van der Waals surface area contributed by atoms with Crippen molar-refractivity contribution in [2.24, 2.45) is 23.2 Å². The van der Waals surface area contributed by atoms with Gasteiger partial charge in [-0.3, -0.25) is 4.79 Å². The van der Waals surface area contributed by atoms with Crippen LogP contribution in [0.4, 0.5) is 8.78 Å². The van der Waals surface area contributed by atoms with Crippen LogP contribution in [0.5, 0.6) is 0 Å². The third-order valence-corrected chi connectivity index (χ3v) is 6.16. The lowest BCUT2D eigenvalue weighted by Gasteiger charge is -2.55. The van der Waals surface area contributed by atoms with Crippen molar-refractivity contribution in [3.8, 4) is 0 Å². The van der Waals surface area contributed by atoms with Crippen molar-refractivity contribution in [3.05, 3.63) is 11.8 Å². The lowest BCUT2D eigenvalue weighted by atomic mass is 9.49. The second-order valence-corrected chi connectivity index (χ2v) is 8.25. The normalized spacial score (nSPS) is 32.3. The quantitative estimate of drug-likeness (QED) is 0.519. The molecule has 4 rings (SSSR count). The summed E-state index contributed by atoms with van der Waals surface area (Å²) in [6, 6.07) is 0. The van der Waals surface area contributed by atoms with Crippen molar-refractivity contribution in [3.63, 3.8) is 0 Å². The van der Waals surface area contributed by atoms with E-state index in [9.17, 15) is 28.3 Å². The van der Waals surface area contributed by atoms with Crippen LogP contribution < -0.4 is 5.32 Å². The average molecular weight is 385 g/mol. The smallest absolute Gasteiger partial charge is 0.377 e. The predicted octanol–water partition coefficient (Wildman–Crippen LogP) is 2.88. The highest BCUT2D eigenvalue weighted by molar-refractivity contribution is 5.90. The van der Waals surface area contributed by atoms with Crippen molar-refractivity contribution >= 4 is 17.8 Å². The van der Waals surface area contributed by atoms with Crippen LogP contribution in [0.25, 0.3) is 0 Å². The summed E-state index contributed by atoms with van der Waals surface area (Å²) in [5.41, 5.74) is -1.25. The first-order valence-corrected chi connectivity index (χ1v) is 9.43. The summed E-state index contributed by atoms with van der Waals surface area (Å²) in [7, 11) is 0. The average Bonchev–Trinajstić information content (AvgIpc) is 2.57. The summed E-state index contributed by atoms with van der Waals surface area (Å²) in [5, 5.41) is 11.6. The van der Waals surface area contributed by atoms with Crippen LogP contribution in [-0.4, -0.2) is 35.5 Å². The molecule has 4 aliphatic rings. The molecule has 0 atom stereocenters. The first kappa shape index (κ1) is 19.8. The van der Waals surface area contributed by atoms with Crippen molar-refractivity contribution < 1.29 is 33.0 Å². The topological polar surface area (TPSA) is 92.7 Å². The number of halogens is 2. The number of amides is 1. The molecule has 0 aromatic carbocycles. The van der Waals surface area contributed by atoms with Crippen LogP contribution in [0.15, 0.2) is 11.8 Å². The molecule has 1 amide bonds. The lowest BCUT2D eigenvalue weighted by molar-refractivity contribution is -0.171. The first-order chi connectivity index (χ1) is 12.6. The number of ether oxygens (including phenoxy) is 1. The summed E-state index contributed by atoms with van der Waals surface area (Å²) < 4.78 is 32.0. The maximum atomic E-state index is 13.9. The predicted molar refractivity (Wildman–Crippen MR) is 90.7 cm³/mol. The molecule has 0 saturated heterocycles. The molecule has 150 valence electrons. The fourth-order valence-corrected chi connectivity index (χ4v) is 5.43. The molecule has 0 aliphatic heterocycles. The van der Waals surface area contributed by atoms with Gasteiger partial charge in [-0.25, -0.2) is 9.59 Å². The van der Waals surface area contributed by atoms with Gasteiger partial charge in [0, 0.05) is 6.20 Å². The van der Waals surface area contributed by atoms with Crippen molar-refractivity contribution in [1.29, 1.82) is 0 Å². The Hall–Kier alpha value is -1.99. The zero-order valence-corrected chi connectivity index (χ0v) is 15.3. The van der Waals surface area contributed by atoms with Gasteiger partial charge in [-0.05, 0) is 63.2 Å². The van der Waals surface area contributed by atoms with Gasteiger partial charge in [-0.2, -0.15) is 8.78 Å². The van der Waals surface area contributed by atoms with E-state index in [-0.39, 0.29) is 12.5 Å². The summed E-state index contributed by atoms with van der Waals surface area (Å²) in [5.74, 6) is -6.06. The monoisotopic (exact) mass is 385 g/mol. The Morgan fingerprint density at radius 1 is 1.15 bits per heavy atom. The Bertz CT molecular complexity index is 638. The highest BCUT2D eigenvalue weighted by Gasteiger charge is 2.54. The molecule has 0 unspecified atom stereocenters. The second-order valence-electron chi connectivity index (χ2n) is 8.25. The van der Waals surface area contributed by atoms with Crippen LogP contribution >= 0.6 is 0 Å². The van der Waals surface area contributed by atoms with Crippen molar-refractivity contribution in [2.45, 2.75) is 57.8 Å². The van der Waals surface area contributed by atoms with Gasteiger partial charge in [-0.15, -0.1) is 0 Å². The molecule has 4 fully saturated rings. The van der Waals surface area contributed by atoms with Crippen LogP contribution in [0.2, 0.25) is 0 Å². The number of rotatable bonds is 7. The van der Waals surface area contributed by atoms with E-state index in [1.165, 1.54) is 6.92 Å². The maximum absolute atomic E-state index is 13.9. The lowest BCUT2D eigenvalue weighted by Crippen LogP contribution is -2.52. The number of aliphatic carboxylic acids is 1. The maximum Gasteiger partial charge on any atom is 0.377 e. The summed E-state index contributed by atoms with van der Waals surface area (Å²) in [4.78, 5) is 35.4. The minimum Gasteiger partial charge on any atom is -0.478 e. The van der Waals surface area contributed by atoms with Crippen molar-refractivity contribution in [2.75, 3.05) is 6.61 Å². The molecular formula is C19H25F2NO5. The van der Waals surface area contributed by atoms with Gasteiger partial charge >= 0.3 is 17.9 Å². The first-order valence-electron chi connectivity index (χ1n) is 9.43. The minimum absolute atomic E-state index is 0.233. The number of hydrogen-bond donors (Lipinski definition) is 2. The molecule has 4 bridgehead atoms. The number of esters is 1. The van der Waals surface area contributed by atoms with E-state index < -0.39 is 35.3 Å². The molecule has 0 spiro atoms. The molecule has 4 saturated carbocycles. The van der Waals surface area contributed by atoms with Gasteiger partial charge in [0.2, 0.25) is 5.91 Å².